The topological polar surface area (TPSA) is 66.4 Å². The van der Waals surface area contributed by atoms with Crippen molar-refractivity contribution in [3.63, 3.8) is 0 Å². The normalized spacial score (nSPS) is 14.3. The first-order valence-electron chi connectivity index (χ1n) is 10.5. The van der Waals surface area contributed by atoms with Gasteiger partial charge in [0.15, 0.2) is 5.71 Å². The van der Waals surface area contributed by atoms with Crippen LogP contribution in [0.3, 0.4) is 0 Å². The third-order valence-electron chi connectivity index (χ3n) is 5.39. The molecule has 0 unspecified atom stereocenters. The Balaban J connectivity index is 1.75. The van der Waals surface area contributed by atoms with Crippen LogP contribution < -0.4 is 9.47 Å². The van der Waals surface area contributed by atoms with Crippen molar-refractivity contribution in [2.75, 3.05) is 20.8 Å². The average molecular weight is 436 g/mol. The minimum Gasteiger partial charge on any atom is -0.489 e. The van der Waals surface area contributed by atoms with Crippen LogP contribution in [-0.4, -0.2) is 32.5 Å². The second-order valence-electron chi connectivity index (χ2n) is 7.65. The molecular formula is C26H29NO5. The minimum absolute atomic E-state index is 0.181. The fraction of sp³-hybridized carbons (Fsp3) is 0.308. The van der Waals surface area contributed by atoms with Crippen LogP contribution in [0.5, 0.6) is 11.5 Å². The maximum atomic E-state index is 12.3. The molecule has 6 nitrogen and oxygen atoms in total. The number of hydrogen-bond acceptors (Lipinski definition) is 6. The zero-order valence-corrected chi connectivity index (χ0v) is 19.0. The number of benzene rings is 2. The highest BCUT2D eigenvalue weighted by Crippen LogP contribution is 2.32. The first kappa shape index (κ1) is 23.1. The smallest absolute Gasteiger partial charge is 0.360 e. The van der Waals surface area contributed by atoms with Crippen LogP contribution in [0.15, 0.2) is 82.0 Å². The monoisotopic (exact) mass is 435 g/mol. The first-order chi connectivity index (χ1) is 15.5. The lowest BCUT2D eigenvalue weighted by Gasteiger charge is -2.23. The number of carbonyl (C=O) groups is 1. The van der Waals surface area contributed by atoms with Gasteiger partial charge in [-0.2, -0.15) is 0 Å². The summed E-state index contributed by atoms with van der Waals surface area (Å²) in [4.78, 5) is 17.2. The molecule has 3 rings (SSSR count). The molecule has 32 heavy (non-hydrogen) atoms. The standard InChI is InChI=1S/C26H29NO5/c1-18-13-21(24(14-19(18)2)25(27-30-4)26(28)29-3)17-32-23-12-8-11-22(15-23)31-16-20-9-6-5-7-10-20/h5-12,15H,13-14,16-17H2,1-4H3/b27-25+. The maximum Gasteiger partial charge on any atom is 0.360 e. The van der Waals surface area contributed by atoms with Crippen LogP contribution in [0.4, 0.5) is 0 Å². The summed E-state index contributed by atoms with van der Waals surface area (Å²) in [6, 6.07) is 17.5. The van der Waals surface area contributed by atoms with Crippen molar-refractivity contribution in [2.45, 2.75) is 33.3 Å². The Morgan fingerprint density at radius 3 is 2.19 bits per heavy atom. The minimum atomic E-state index is -0.525. The summed E-state index contributed by atoms with van der Waals surface area (Å²) in [7, 11) is 2.75. The van der Waals surface area contributed by atoms with E-state index in [1.165, 1.54) is 25.4 Å². The van der Waals surface area contributed by atoms with Crippen molar-refractivity contribution >= 4 is 11.7 Å². The van der Waals surface area contributed by atoms with E-state index in [2.05, 4.69) is 19.0 Å². The third kappa shape index (κ3) is 6.00. The molecule has 0 aliphatic heterocycles. The molecule has 1 aliphatic carbocycles. The average Bonchev–Trinajstić information content (AvgIpc) is 2.82. The Morgan fingerprint density at radius 2 is 1.53 bits per heavy atom. The molecule has 0 heterocycles. The van der Waals surface area contributed by atoms with Crippen LogP contribution in [0.25, 0.3) is 0 Å². The molecule has 0 N–H and O–H groups in total. The first-order valence-corrected chi connectivity index (χ1v) is 10.5. The highest BCUT2D eigenvalue weighted by molar-refractivity contribution is 6.43. The molecule has 0 atom stereocenters. The predicted octanol–water partition coefficient (Wildman–Crippen LogP) is 5.25. The Morgan fingerprint density at radius 1 is 0.875 bits per heavy atom. The van der Waals surface area contributed by atoms with Crippen molar-refractivity contribution in [1.82, 2.24) is 0 Å². The van der Waals surface area contributed by atoms with Crippen molar-refractivity contribution in [3.05, 3.63) is 82.5 Å². The van der Waals surface area contributed by atoms with Gasteiger partial charge < -0.3 is 19.0 Å². The van der Waals surface area contributed by atoms with Crippen molar-refractivity contribution in [1.29, 1.82) is 0 Å². The maximum absolute atomic E-state index is 12.3. The highest BCUT2D eigenvalue weighted by Gasteiger charge is 2.26. The van der Waals surface area contributed by atoms with Gasteiger partial charge in [-0.3, -0.25) is 0 Å². The van der Waals surface area contributed by atoms with Gasteiger partial charge in [-0.1, -0.05) is 52.7 Å². The van der Waals surface area contributed by atoms with Crippen LogP contribution in [0, 0.1) is 0 Å². The number of hydrogen-bond donors (Lipinski definition) is 0. The predicted molar refractivity (Wildman–Crippen MR) is 124 cm³/mol. The molecule has 0 bridgehead atoms. The summed E-state index contributed by atoms with van der Waals surface area (Å²) in [6.07, 6.45) is 1.30. The zero-order chi connectivity index (χ0) is 22.9. The number of ether oxygens (including phenoxy) is 3. The molecule has 1 aliphatic rings. The largest absolute Gasteiger partial charge is 0.489 e. The van der Waals surface area contributed by atoms with Gasteiger partial charge in [0.1, 0.15) is 31.8 Å². The van der Waals surface area contributed by atoms with Gasteiger partial charge >= 0.3 is 5.97 Å². The number of carbonyl (C=O) groups excluding carboxylic acids is 1. The van der Waals surface area contributed by atoms with Gasteiger partial charge in [0.05, 0.1) is 7.11 Å². The van der Waals surface area contributed by atoms with E-state index in [0.717, 1.165) is 22.5 Å². The number of rotatable bonds is 9. The molecule has 0 radical (unpaired) electrons. The van der Waals surface area contributed by atoms with Gasteiger partial charge in [-0.25, -0.2) is 4.79 Å². The lowest BCUT2D eigenvalue weighted by atomic mass is 9.85. The van der Waals surface area contributed by atoms with E-state index in [1.807, 2.05) is 54.6 Å². The number of oxime groups is 1. The summed E-state index contributed by atoms with van der Waals surface area (Å²) in [5.41, 5.74) is 5.51. The van der Waals surface area contributed by atoms with Gasteiger partial charge in [0.2, 0.25) is 0 Å². The molecule has 0 saturated carbocycles. The summed E-state index contributed by atoms with van der Waals surface area (Å²) in [5, 5.41) is 3.94. The van der Waals surface area contributed by atoms with Crippen molar-refractivity contribution in [3.8, 4) is 11.5 Å². The van der Waals surface area contributed by atoms with Crippen LogP contribution in [0.2, 0.25) is 0 Å². The van der Waals surface area contributed by atoms with Crippen LogP contribution in [0.1, 0.15) is 32.3 Å². The van der Waals surface area contributed by atoms with E-state index in [-0.39, 0.29) is 5.71 Å². The van der Waals surface area contributed by atoms with Crippen molar-refractivity contribution < 1.29 is 23.8 Å². The Labute approximate surface area is 189 Å². The molecule has 2 aromatic carbocycles. The summed E-state index contributed by atoms with van der Waals surface area (Å²) < 4.78 is 16.9. The molecular weight excluding hydrogens is 406 g/mol. The van der Waals surface area contributed by atoms with Gasteiger partial charge in [-0.05, 0) is 55.5 Å². The Hall–Kier alpha value is -3.54. The van der Waals surface area contributed by atoms with Gasteiger partial charge in [-0.15, -0.1) is 0 Å². The number of nitrogens with zero attached hydrogens (tertiary/aromatic N) is 1. The third-order valence-corrected chi connectivity index (χ3v) is 5.39. The molecule has 168 valence electrons. The second kappa shape index (κ2) is 11.2. The molecule has 0 saturated heterocycles. The fourth-order valence-electron chi connectivity index (χ4n) is 3.48. The van der Waals surface area contributed by atoms with E-state index >= 15 is 0 Å². The van der Waals surface area contributed by atoms with E-state index in [9.17, 15) is 4.79 Å². The molecule has 0 spiro atoms. The SMILES string of the molecule is CO/N=C(/C(=O)OC)C1=C(COc2cccc(OCc3ccccc3)c2)CC(C)=C(C)C1. The second-order valence-corrected chi connectivity index (χ2v) is 7.65. The zero-order valence-electron chi connectivity index (χ0n) is 19.0. The lowest BCUT2D eigenvalue weighted by molar-refractivity contribution is -0.132. The van der Waals surface area contributed by atoms with E-state index < -0.39 is 5.97 Å². The molecule has 2 aromatic rings. The quantitative estimate of drug-likeness (QED) is 0.233. The number of methoxy groups -OCH3 is 1. The van der Waals surface area contributed by atoms with Gasteiger partial charge in [0.25, 0.3) is 0 Å². The number of allylic oxidation sites excluding steroid dienone is 2. The summed E-state index contributed by atoms with van der Waals surface area (Å²) >= 11 is 0. The molecule has 0 aromatic heterocycles. The molecule has 0 amide bonds. The lowest BCUT2D eigenvalue weighted by Crippen LogP contribution is -2.24. The van der Waals surface area contributed by atoms with E-state index in [1.54, 1.807) is 0 Å². The summed E-state index contributed by atoms with van der Waals surface area (Å²) in [6.45, 7) is 4.96. The molecule has 6 heteroatoms. The van der Waals surface area contributed by atoms with E-state index in [0.29, 0.717) is 31.8 Å². The highest BCUT2D eigenvalue weighted by atomic mass is 16.6. The Kier molecular flexibility index (Phi) is 8.08. The van der Waals surface area contributed by atoms with Gasteiger partial charge in [0, 0.05) is 6.07 Å². The van der Waals surface area contributed by atoms with E-state index in [4.69, 9.17) is 19.0 Å². The molecule has 0 fully saturated rings. The fourth-order valence-corrected chi connectivity index (χ4v) is 3.48. The number of esters is 1. The Bertz CT molecular complexity index is 1040. The van der Waals surface area contributed by atoms with Crippen LogP contribution in [-0.2, 0) is 21.0 Å². The summed E-state index contributed by atoms with van der Waals surface area (Å²) in [5.74, 6) is 0.893. The van der Waals surface area contributed by atoms with Crippen LogP contribution >= 0.6 is 0 Å². The van der Waals surface area contributed by atoms with Crippen molar-refractivity contribution in [2.24, 2.45) is 5.16 Å².